The number of nitrogens with zero attached hydrogens (tertiary/aromatic N) is 2. The van der Waals surface area contributed by atoms with Gasteiger partial charge < -0.3 is 20.5 Å². The van der Waals surface area contributed by atoms with Gasteiger partial charge in [-0.1, -0.05) is 6.92 Å². The monoisotopic (exact) mass is 501 g/mol. The quantitative estimate of drug-likeness (QED) is 0.294. The van der Waals surface area contributed by atoms with E-state index in [4.69, 9.17) is 4.99 Å². The number of H-pyrrole nitrogens is 1. The Bertz CT molecular complexity index is 754. The van der Waals surface area contributed by atoms with E-state index in [1.807, 2.05) is 6.20 Å². The highest BCUT2D eigenvalue weighted by molar-refractivity contribution is 14.0. The summed E-state index contributed by atoms with van der Waals surface area (Å²) < 4.78 is 13.5. The van der Waals surface area contributed by atoms with Crippen LogP contribution in [0.25, 0.3) is 10.9 Å². The summed E-state index contributed by atoms with van der Waals surface area (Å²) in [6, 6.07) is 4.87. The molecular weight excluding hydrogens is 468 g/mol. The van der Waals surface area contributed by atoms with E-state index >= 15 is 0 Å². The summed E-state index contributed by atoms with van der Waals surface area (Å²) in [5, 5.41) is 7.68. The Balaban J connectivity index is 0.00000280. The second kappa shape index (κ2) is 11.6. The van der Waals surface area contributed by atoms with Gasteiger partial charge in [-0.25, -0.2) is 4.39 Å². The van der Waals surface area contributed by atoms with Crippen molar-refractivity contribution in [1.82, 2.24) is 20.5 Å². The first kappa shape index (κ1) is 22.9. The number of fused-ring (bicyclic) bond motifs is 1. The van der Waals surface area contributed by atoms with E-state index in [2.05, 4.69) is 34.4 Å². The average molecular weight is 501 g/mol. The first-order chi connectivity index (χ1) is 13.2. The van der Waals surface area contributed by atoms with Gasteiger partial charge in [-0.3, -0.25) is 4.99 Å². The summed E-state index contributed by atoms with van der Waals surface area (Å²) in [6.45, 7) is 10.4. The number of halogens is 2. The topological polar surface area (TPSA) is 55.5 Å². The normalized spacial score (nSPS) is 16.2. The van der Waals surface area contributed by atoms with Crippen LogP contribution in [0.3, 0.4) is 0 Å². The molecule has 1 aliphatic heterocycles. The Morgan fingerprint density at radius 2 is 2.07 bits per heavy atom. The maximum Gasteiger partial charge on any atom is 0.191 e. The number of aromatic amines is 1. The van der Waals surface area contributed by atoms with Crippen molar-refractivity contribution in [2.45, 2.75) is 33.1 Å². The van der Waals surface area contributed by atoms with E-state index in [1.54, 1.807) is 12.1 Å². The van der Waals surface area contributed by atoms with Gasteiger partial charge in [-0.15, -0.1) is 24.0 Å². The molecular formula is C21H33FIN5. The first-order valence-corrected chi connectivity index (χ1v) is 10.2. The average Bonchev–Trinajstić information content (AvgIpc) is 3.29. The van der Waals surface area contributed by atoms with Crippen molar-refractivity contribution in [3.8, 4) is 0 Å². The van der Waals surface area contributed by atoms with Crippen molar-refractivity contribution >= 4 is 40.8 Å². The highest BCUT2D eigenvalue weighted by atomic mass is 127. The molecule has 0 bridgehead atoms. The molecule has 0 aliphatic carbocycles. The fourth-order valence-corrected chi connectivity index (χ4v) is 3.73. The molecule has 3 N–H and O–H groups in total. The molecule has 156 valence electrons. The minimum atomic E-state index is -0.196. The summed E-state index contributed by atoms with van der Waals surface area (Å²) >= 11 is 0. The molecule has 0 spiro atoms. The van der Waals surface area contributed by atoms with Gasteiger partial charge in [0.15, 0.2) is 5.96 Å². The molecule has 3 rings (SSSR count). The molecule has 28 heavy (non-hydrogen) atoms. The number of guanidine groups is 1. The van der Waals surface area contributed by atoms with Crippen LogP contribution < -0.4 is 10.6 Å². The van der Waals surface area contributed by atoms with E-state index in [9.17, 15) is 4.39 Å². The minimum Gasteiger partial charge on any atom is -0.361 e. The van der Waals surface area contributed by atoms with Gasteiger partial charge in [0.2, 0.25) is 0 Å². The molecule has 0 amide bonds. The SMILES string of the molecule is CCNC(=NCC(C)CN1CCCC1)NCCc1c[nH]c2ccc(F)cc12.I. The lowest BCUT2D eigenvalue weighted by Crippen LogP contribution is -2.39. The molecule has 1 unspecified atom stereocenters. The van der Waals surface area contributed by atoms with Crippen LogP contribution in [0.15, 0.2) is 29.4 Å². The van der Waals surface area contributed by atoms with Crippen LogP contribution in [0.5, 0.6) is 0 Å². The third kappa shape index (κ3) is 6.62. The summed E-state index contributed by atoms with van der Waals surface area (Å²) in [4.78, 5) is 10.5. The molecule has 7 heteroatoms. The molecule has 1 aliphatic rings. The number of aromatic nitrogens is 1. The molecule has 1 aromatic heterocycles. The number of hydrogen-bond donors (Lipinski definition) is 3. The molecule has 1 saturated heterocycles. The van der Waals surface area contributed by atoms with E-state index < -0.39 is 0 Å². The second-order valence-corrected chi connectivity index (χ2v) is 7.51. The van der Waals surface area contributed by atoms with Crippen molar-refractivity contribution in [1.29, 1.82) is 0 Å². The maximum atomic E-state index is 13.5. The predicted molar refractivity (Wildman–Crippen MR) is 126 cm³/mol. The van der Waals surface area contributed by atoms with Crippen molar-refractivity contribution < 1.29 is 4.39 Å². The van der Waals surface area contributed by atoms with Gasteiger partial charge >= 0.3 is 0 Å². The van der Waals surface area contributed by atoms with Gasteiger partial charge in [0.1, 0.15) is 5.82 Å². The van der Waals surface area contributed by atoms with Crippen molar-refractivity contribution in [2.75, 3.05) is 39.3 Å². The van der Waals surface area contributed by atoms with Gasteiger partial charge in [0.05, 0.1) is 0 Å². The lowest BCUT2D eigenvalue weighted by atomic mass is 10.1. The van der Waals surface area contributed by atoms with Crippen LogP contribution in [0, 0.1) is 11.7 Å². The van der Waals surface area contributed by atoms with Crippen LogP contribution >= 0.6 is 24.0 Å². The lowest BCUT2D eigenvalue weighted by molar-refractivity contribution is 0.291. The largest absolute Gasteiger partial charge is 0.361 e. The van der Waals surface area contributed by atoms with E-state index in [1.165, 1.54) is 32.0 Å². The zero-order chi connectivity index (χ0) is 19.1. The molecule has 2 aromatic rings. The fourth-order valence-electron chi connectivity index (χ4n) is 3.73. The number of nitrogens with one attached hydrogen (secondary N) is 3. The Morgan fingerprint density at radius 3 is 2.82 bits per heavy atom. The van der Waals surface area contributed by atoms with Gasteiger partial charge in [0, 0.05) is 43.3 Å². The van der Waals surface area contributed by atoms with Crippen molar-refractivity contribution in [3.05, 3.63) is 35.8 Å². The standard InChI is InChI=1S/C21H32FN5.HI/c1-3-23-21(26-13-16(2)15-27-10-4-5-11-27)24-9-8-17-14-25-20-7-6-18(22)12-19(17)20;/h6-7,12,14,16,25H,3-5,8-11,13,15H2,1-2H3,(H2,23,24,26);1H. The first-order valence-electron chi connectivity index (χ1n) is 10.2. The fraction of sp³-hybridized carbons (Fsp3) is 0.571. The third-order valence-corrected chi connectivity index (χ3v) is 5.09. The lowest BCUT2D eigenvalue weighted by Gasteiger charge is -2.19. The predicted octanol–water partition coefficient (Wildman–Crippen LogP) is 3.75. The molecule has 1 atom stereocenters. The maximum absolute atomic E-state index is 13.5. The molecule has 0 saturated carbocycles. The van der Waals surface area contributed by atoms with E-state index in [0.29, 0.717) is 5.92 Å². The zero-order valence-corrected chi connectivity index (χ0v) is 19.3. The van der Waals surface area contributed by atoms with Crippen LogP contribution in [0.1, 0.15) is 32.3 Å². The van der Waals surface area contributed by atoms with Gasteiger partial charge in [-0.2, -0.15) is 0 Å². The summed E-state index contributed by atoms with van der Waals surface area (Å²) in [5.41, 5.74) is 2.10. The minimum absolute atomic E-state index is 0. The summed E-state index contributed by atoms with van der Waals surface area (Å²) in [6.07, 6.45) is 5.45. The summed E-state index contributed by atoms with van der Waals surface area (Å²) in [7, 11) is 0. The third-order valence-electron chi connectivity index (χ3n) is 5.09. The smallest absolute Gasteiger partial charge is 0.191 e. The molecule has 2 heterocycles. The van der Waals surface area contributed by atoms with Crippen molar-refractivity contribution in [2.24, 2.45) is 10.9 Å². The number of likely N-dealkylation sites (tertiary alicyclic amines) is 1. The summed E-state index contributed by atoms with van der Waals surface area (Å²) in [5.74, 6) is 1.21. The molecule has 1 fully saturated rings. The van der Waals surface area contributed by atoms with Crippen LogP contribution in [-0.2, 0) is 6.42 Å². The molecule has 5 nitrogen and oxygen atoms in total. The van der Waals surface area contributed by atoms with Crippen LogP contribution in [0.4, 0.5) is 4.39 Å². The Kier molecular flexibility index (Phi) is 9.50. The Morgan fingerprint density at radius 1 is 1.29 bits per heavy atom. The van der Waals surface area contributed by atoms with Gasteiger partial charge in [0.25, 0.3) is 0 Å². The van der Waals surface area contributed by atoms with E-state index in [-0.39, 0.29) is 29.8 Å². The molecule has 1 aromatic carbocycles. The molecule has 0 radical (unpaired) electrons. The zero-order valence-electron chi connectivity index (χ0n) is 16.9. The number of benzene rings is 1. The highest BCUT2D eigenvalue weighted by Gasteiger charge is 2.14. The number of rotatable bonds is 8. The number of hydrogen-bond acceptors (Lipinski definition) is 2. The highest BCUT2D eigenvalue weighted by Crippen LogP contribution is 2.19. The van der Waals surface area contributed by atoms with Crippen LogP contribution in [0.2, 0.25) is 0 Å². The van der Waals surface area contributed by atoms with Gasteiger partial charge in [-0.05, 0) is 69.0 Å². The Labute approximate surface area is 184 Å². The van der Waals surface area contributed by atoms with E-state index in [0.717, 1.165) is 55.0 Å². The second-order valence-electron chi connectivity index (χ2n) is 7.51. The Hall–Kier alpha value is -1.35. The number of aliphatic imine (C=N–C) groups is 1. The van der Waals surface area contributed by atoms with Crippen LogP contribution in [-0.4, -0.2) is 55.1 Å². The van der Waals surface area contributed by atoms with Crippen molar-refractivity contribution in [3.63, 3.8) is 0 Å².